The van der Waals surface area contributed by atoms with E-state index in [1.807, 2.05) is 0 Å². The molecule has 0 aromatic rings. The molecular weight excluding hydrogens is 162 g/mol. The second-order valence-electron chi connectivity index (χ2n) is 4.88. The molecule has 0 aliphatic carbocycles. The molecule has 0 aliphatic rings. The highest BCUT2D eigenvalue weighted by atomic mass is 16.1. The maximum Gasteiger partial charge on any atom is 0.129 e. The van der Waals surface area contributed by atoms with Gasteiger partial charge in [-0.05, 0) is 26.2 Å². The Balaban J connectivity index is 3.13. The van der Waals surface area contributed by atoms with E-state index in [4.69, 9.17) is 0 Å². The van der Waals surface area contributed by atoms with Gasteiger partial charge in [0.25, 0.3) is 0 Å². The Kier molecular flexibility index (Phi) is 5.97. The van der Waals surface area contributed by atoms with Crippen molar-refractivity contribution in [2.75, 3.05) is 27.7 Å². The van der Waals surface area contributed by atoms with Crippen molar-refractivity contribution < 1.29 is 9.28 Å². The van der Waals surface area contributed by atoms with Crippen LogP contribution in [0.1, 0.15) is 39.0 Å². The summed E-state index contributed by atoms with van der Waals surface area (Å²) >= 11 is 0. The van der Waals surface area contributed by atoms with Crippen LogP contribution >= 0.6 is 0 Å². The Morgan fingerprint density at radius 1 is 1.00 bits per heavy atom. The Morgan fingerprint density at radius 2 is 1.54 bits per heavy atom. The maximum absolute atomic E-state index is 10.6. The molecule has 0 aromatic carbocycles. The Hall–Kier alpha value is -0.370. The summed E-state index contributed by atoms with van der Waals surface area (Å²) in [5.74, 6) is 0.326. The number of quaternary nitrogens is 1. The Morgan fingerprint density at radius 3 is 2.00 bits per heavy atom. The Labute approximate surface area is 82.5 Å². The molecule has 78 valence electrons. The van der Waals surface area contributed by atoms with Gasteiger partial charge in [-0.3, -0.25) is 0 Å². The first kappa shape index (κ1) is 12.6. The SMILES string of the molecule is CC(=O)CCCCCC[N+](C)(C)C. The molecule has 0 aliphatic heterocycles. The van der Waals surface area contributed by atoms with Gasteiger partial charge in [0.05, 0.1) is 27.7 Å². The molecule has 13 heavy (non-hydrogen) atoms. The lowest BCUT2D eigenvalue weighted by Crippen LogP contribution is -2.35. The molecular formula is C11H24NO+. The summed E-state index contributed by atoms with van der Waals surface area (Å²) in [5.41, 5.74) is 0. The standard InChI is InChI=1S/C11H24NO/c1-11(13)9-7-5-6-8-10-12(2,3)4/h5-10H2,1-4H3/q+1. The number of rotatable bonds is 7. The van der Waals surface area contributed by atoms with E-state index < -0.39 is 0 Å². The third-order valence-electron chi connectivity index (χ3n) is 2.11. The fourth-order valence-corrected chi connectivity index (χ4v) is 1.31. The second kappa shape index (κ2) is 6.14. The number of carbonyl (C=O) groups is 1. The normalized spacial score (nSPS) is 11.7. The van der Waals surface area contributed by atoms with Crippen LogP contribution in [0.2, 0.25) is 0 Å². The first-order chi connectivity index (χ1) is 5.92. The van der Waals surface area contributed by atoms with Crippen molar-refractivity contribution in [2.24, 2.45) is 0 Å². The van der Waals surface area contributed by atoms with Gasteiger partial charge in [0.2, 0.25) is 0 Å². The molecule has 0 atom stereocenters. The predicted octanol–water partition coefficient (Wildman–Crippen LogP) is 2.23. The number of Topliss-reactive ketones (excluding diaryl/α,β-unsaturated/α-hetero) is 1. The van der Waals surface area contributed by atoms with Crippen LogP contribution < -0.4 is 0 Å². The lowest BCUT2D eigenvalue weighted by Gasteiger charge is -2.23. The molecule has 0 amide bonds. The van der Waals surface area contributed by atoms with E-state index in [1.54, 1.807) is 6.92 Å². The van der Waals surface area contributed by atoms with Crippen LogP contribution in [0.5, 0.6) is 0 Å². The topological polar surface area (TPSA) is 17.1 Å². The summed E-state index contributed by atoms with van der Waals surface area (Å²) in [4.78, 5) is 10.6. The fourth-order valence-electron chi connectivity index (χ4n) is 1.31. The van der Waals surface area contributed by atoms with Crippen LogP contribution in [0.15, 0.2) is 0 Å². The molecule has 0 bridgehead atoms. The minimum Gasteiger partial charge on any atom is -0.331 e. The molecule has 0 rings (SSSR count). The van der Waals surface area contributed by atoms with Gasteiger partial charge in [0, 0.05) is 6.42 Å². The van der Waals surface area contributed by atoms with E-state index >= 15 is 0 Å². The molecule has 0 spiro atoms. The van der Waals surface area contributed by atoms with Gasteiger partial charge < -0.3 is 9.28 Å². The minimum absolute atomic E-state index is 0.326. The zero-order valence-electron chi connectivity index (χ0n) is 9.60. The lowest BCUT2D eigenvalue weighted by molar-refractivity contribution is -0.870. The molecule has 2 nitrogen and oxygen atoms in total. The number of unbranched alkanes of at least 4 members (excludes halogenated alkanes) is 3. The molecule has 0 fully saturated rings. The highest BCUT2D eigenvalue weighted by Crippen LogP contribution is 2.05. The fraction of sp³-hybridized carbons (Fsp3) is 0.909. The van der Waals surface area contributed by atoms with Crippen LogP contribution in [-0.2, 0) is 4.79 Å². The molecule has 0 N–H and O–H groups in total. The monoisotopic (exact) mass is 186 g/mol. The van der Waals surface area contributed by atoms with Crippen LogP contribution in [0, 0.1) is 0 Å². The van der Waals surface area contributed by atoms with Crippen LogP contribution in [0.4, 0.5) is 0 Å². The highest BCUT2D eigenvalue weighted by Gasteiger charge is 2.05. The van der Waals surface area contributed by atoms with Crippen molar-refractivity contribution in [2.45, 2.75) is 39.0 Å². The molecule has 0 heterocycles. The summed E-state index contributed by atoms with van der Waals surface area (Å²) in [5, 5.41) is 0. The molecule has 0 unspecified atom stereocenters. The first-order valence-electron chi connectivity index (χ1n) is 5.22. The summed E-state index contributed by atoms with van der Waals surface area (Å²) in [6.07, 6.45) is 5.60. The van der Waals surface area contributed by atoms with Gasteiger partial charge >= 0.3 is 0 Å². The third kappa shape index (κ3) is 11.6. The maximum atomic E-state index is 10.6. The number of hydrogen-bond acceptors (Lipinski definition) is 1. The van der Waals surface area contributed by atoms with Crippen molar-refractivity contribution in [1.82, 2.24) is 0 Å². The van der Waals surface area contributed by atoms with E-state index in [1.165, 1.54) is 25.8 Å². The van der Waals surface area contributed by atoms with Gasteiger partial charge in [-0.25, -0.2) is 0 Å². The quantitative estimate of drug-likeness (QED) is 0.440. The van der Waals surface area contributed by atoms with Crippen LogP contribution in [-0.4, -0.2) is 38.0 Å². The van der Waals surface area contributed by atoms with Crippen molar-refractivity contribution >= 4 is 5.78 Å². The van der Waals surface area contributed by atoms with Crippen LogP contribution in [0.25, 0.3) is 0 Å². The second-order valence-corrected chi connectivity index (χ2v) is 4.88. The third-order valence-corrected chi connectivity index (χ3v) is 2.11. The number of hydrogen-bond donors (Lipinski definition) is 0. The average Bonchev–Trinajstić information content (AvgIpc) is 1.93. The number of ketones is 1. The van der Waals surface area contributed by atoms with Crippen molar-refractivity contribution in [3.8, 4) is 0 Å². The van der Waals surface area contributed by atoms with Crippen molar-refractivity contribution in [3.05, 3.63) is 0 Å². The summed E-state index contributed by atoms with van der Waals surface area (Å²) in [6, 6.07) is 0. The van der Waals surface area contributed by atoms with E-state index in [9.17, 15) is 4.79 Å². The Bertz CT molecular complexity index is 147. The van der Waals surface area contributed by atoms with E-state index in [0.29, 0.717) is 5.78 Å². The average molecular weight is 186 g/mol. The van der Waals surface area contributed by atoms with Crippen LogP contribution in [0.3, 0.4) is 0 Å². The summed E-state index contributed by atoms with van der Waals surface area (Å²) in [7, 11) is 6.65. The predicted molar refractivity (Wildman–Crippen MR) is 56.7 cm³/mol. The van der Waals surface area contributed by atoms with Gasteiger partial charge in [-0.2, -0.15) is 0 Å². The lowest BCUT2D eigenvalue weighted by atomic mass is 10.1. The van der Waals surface area contributed by atoms with Gasteiger partial charge in [-0.1, -0.05) is 6.42 Å². The van der Waals surface area contributed by atoms with Gasteiger partial charge in [0.15, 0.2) is 0 Å². The molecule has 0 saturated heterocycles. The summed E-state index contributed by atoms with van der Waals surface area (Å²) < 4.78 is 1.05. The zero-order chi connectivity index (χ0) is 10.3. The van der Waals surface area contributed by atoms with Crippen molar-refractivity contribution in [3.63, 3.8) is 0 Å². The van der Waals surface area contributed by atoms with Crippen molar-refractivity contribution in [1.29, 1.82) is 0 Å². The van der Waals surface area contributed by atoms with E-state index in [2.05, 4.69) is 21.1 Å². The molecule has 0 radical (unpaired) electrons. The summed E-state index contributed by atoms with van der Waals surface area (Å²) in [6.45, 7) is 2.91. The smallest absolute Gasteiger partial charge is 0.129 e. The molecule has 2 heteroatoms. The van der Waals surface area contributed by atoms with E-state index in [0.717, 1.165) is 17.3 Å². The molecule has 0 aromatic heterocycles. The number of nitrogens with zero attached hydrogens (tertiary/aromatic N) is 1. The zero-order valence-corrected chi connectivity index (χ0v) is 9.60. The van der Waals surface area contributed by atoms with E-state index in [-0.39, 0.29) is 0 Å². The minimum atomic E-state index is 0.326. The van der Waals surface area contributed by atoms with Gasteiger partial charge in [-0.15, -0.1) is 0 Å². The highest BCUT2D eigenvalue weighted by molar-refractivity contribution is 5.75. The largest absolute Gasteiger partial charge is 0.331 e. The molecule has 0 saturated carbocycles. The first-order valence-corrected chi connectivity index (χ1v) is 5.22. The number of carbonyl (C=O) groups excluding carboxylic acids is 1. The van der Waals surface area contributed by atoms with Gasteiger partial charge in [0.1, 0.15) is 5.78 Å².